The van der Waals surface area contributed by atoms with E-state index in [-0.39, 0.29) is 5.91 Å². The van der Waals surface area contributed by atoms with Crippen molar-refractivity contribution in [3.05, 3.63) is 34.6 Å². The molecule has 1 aliphatic heterocycles. The molecule has 1 aliphatic carbocycles. The number of benzene rings is 1. The summed E-state index contributed by atoms with van der Waals surface area (Å²) in [5, 5.41) is 10.2. The molecule has 6 nitrogen and oxygen atoms in total. The largest absolute Gasteiger partial charge is 0.490 e. The van der Waals surface area contributed by atoms with Crippen LogP contribution in [0, 0.1) is 0 Å². The monoisotopic (exact) mass is 333 g/mol. The molecule has 23 heavy (non-hydrogen) atoms. The first-order chi connectivity index (χ1) is 11.2. The topological polar surface area (TPSA) is 76.2 Å². The molecule has 0 saturated heterocycles. The van der Waals surface area contributed by atoms with Crippen molar-refractivity contribution in [2.45, 2.75) is 25.2 Å². The Bertz CT molecular complexity index is 755. The van der Waals surface area contributed by atoms with Crippen LogP contribution in [0.3, 0.4) is 0 Å². The highest BCUT2D eigenvalue weighted by molar-refractivity contribution is 6.34. The van der Waals surface area contributed by atoms with Gasteiger partial charge in [-0.2, -0.15) is 5.10 Å². The summed E-state index contributed by atoms with van der Waals surface area (Å²) in [5.74, 6) is 1.40. The van der Waals surface area contributed by atoms with E-state index in [1.165, 1.54) is 0 Å². The number of H-pyrrole nitrogens is 1. The van der Waals surface area contributed by atoms with Crippen molar-refractivity contribution in [1.29, 1.82) is 0 Å². The Hall–Kier alpha value is -2.21. The Kier molecular flexibility index (Phi) is 3.61. The zero-order valence-electron chi connectivity index (χ0n) is 12.4. The fourth-order valence-corrected chi connectivity index (χ4v) is 2.72. The number of ether oxygens (including phenoxy) is 2. The Morgan fingerprint density at radius 2 is 1.96 bits per heavy atom. The van der Waals surface area contributed by atoms with Crippen LogP contribution < -0.4 is 14.8 Å². The molecule has 4 rings (SSSR count). The van der Waals surface area contributed by atoms with Crippen molar-refractivity contribution in [1.82, 2.24) is 10.2 Å². The summed E-state index contributed by atoms with van der Waals surface area (Å²) in [6.07, 6.45) is 3.11. The van der Waals surface area contributed by atoms with E-state index in [0.717, 1.165) is 25.0 Å². The molecule has 0 radical (unpaired) electrons. The number of nitrogens with one attached hydrogen (secondary N) is 2. The average molecular weight is 334 g/mol. The Balaban J connectivity index is 1.55. The Morgan fingerprint density at radius 3 is 2.70 bits per heavy atom. The number of fused-ring (bicyclic) bond motifs is 1. The third-order valence-electron chi connectivity index (χ3n) is 3.93. The summed E-state index contributed by atoms with van der Waals surface area (Å²) in [6.45, 7) is 1.17. The maximum Gasteiger partial charge on any atom is 0.276 e. The lowest BCUT2D eigenvalue weighted by Crippen LogP contribution is -2.13. The zero-order chi connectivity index (χ0) is 15.8. The van der Waals surface area contributed by atoms with Crippen LogP contribution in [-0.4, -0.2) is 29.3 Å². The fourth-order valence-electron chi connectivity index (χ4n) is 2.52. The van der Waals surface area contributed by atoms with Crippen molar-refractivity contribution >= 4 is 23.2 Å². The molecule has 2 aromatic rings. The number of hydrogen-bond acceptors (Lipinski definition) is 4. The molecule has 2 aliphatic rings. The molecular formula is C16H16ClN3O3. The molecule has 2 heterocycles. The van der Waals surface area contributed by atoms with E-state index in [0.29, 0.717) is 47.0 Å². The van der Waals surface area contributed by atoms with Gasteiger partial charge in [0.25, 0.3) is 5.91 Å². The maximum absolute atomic E-state index is 12.3. The second-order valence-corrected chi connectivity index (χ2v) is 6.17. The third kappa shape index (κ3) is 2.99. The SMILES string of the molecule is O=C(Nc1cc2c(cc1Cl)OCCCO2)c1cc(C2CC2)[nH]n1. The van der Waals surface area contributed by atoms with Crippen molar-refractivity contribution < 1.29 is 14.3 Å². The molecule has 2 N–H and O–H groups in total. The minimum Gasteiger partial charge on any atom is -0.490 e. The summed E-state index contributed by atoms with van der Waals surface area (Å²) in [5.41, 5.74) is 1.85. The minimum absolute atomic E-state index is 0.301. The lowest BCUT2D eigenvalue weighted by molar-refractivity contribution is 0.102. The van der Waals surface area contributed by atoms with E-state index in [1.54, 1.807) is 18.2 Å². The van der Waals surface area contributed by atoms with E-state index >= 15 is 0 Å². The van der Waals surface area contributed by atoms with Crippen molar-refractivity contribution in [2.75, 3.05) is 18.5 Å². The lowest BCUT2D eigenvalue weighted by Gasteiger charge is -2.11. The van der Waals surface area contributed by atoms with E-state index in [2.05, 4.69) is 15.5 Å². The number of halogens is 1. The summed E-state index contributed by atoms with van der Waals surface area (Å²) in [6, 6.07) is 5.15. The van der Waals surface area contributed by atoms with Gasteiger partial charge in [-0.15, -0.1) is 0 Å². The maximum atomic E-state index is 12.3. The van der Waals surface area contributed by atoms with Crippen LogP contribution in [0.5, 0.6) is 11.5 Å². The molecule has 7 heteroatoms. The number of carbonyl (C=O) groups excluding carboxylic acids is 1. The van der Waals surface area contributed by atoms with Gasteiger partial charge in [0.15, 0.2) is 17.2 Å². The molecule has 1 saturated carbocycles. The van der Waals surface area contributed by atoms with E-state index in [4.69, 9.17) is 21.1 Å². The van der Waals surface area contributed by atoms with E-state index in [1.807, 2.05) is 0 Å². The van der Waals surface area contributed by atoms with Gasteiger partial charge >= 0.3 is 0 Å². The quantitative estimate of drug-likeness (QED) is 0.903. The molecule has 1 fully saturated rings. The Morgan fingerprint density at radius 1 is 1.22 bits per heavy atom. The number of nitrogens with zero attached hydrogens (tertiary/aromatic N) is 1. The lowest BCUT2D eigenvalue weighted by atomic mass is 10.2. The van der Waals surface area contributed by atoms with Gasteiger partial charge in [-0.1, -0.05) is 11.6 Å². The number of aromatic amines is 1. The highest BCUT2D eigenvalue weighted by atomic mass is 35.5. The standard InChI is InChI=1S/C16H16ClN3O3/c17-10-6-14-15(23-5-1-4-22-14)8-12(10)18-16(21)13-7-11(19-20-13)9-2-3-9/h6-9H,1-5H2,(H,18,21)(H,19,20). The first-order valence-corrected chi connectivity index (χ1v) is 8.04. The van der Waals surface area contributed by atoms with Gasteiger partial charge in [0.05, 0.1) is 23.9 Å². The second-order valence-electron chi connectivity index (χ2n) is 5.77. The summed E-state index contributed by atoms with van der Waals surface area (Å²) >= 11 is 6.23. The summed E-state index contributed by atoms with van der Waals surface area (Å²) < 4.78 is 11.2. The zero-order valence-corrected chi connectivity index (χ0v) is 13.2. The summed E-state index contributed by atoms with van der Waals surface area (Å²) in [4.78, 5) is 12.3. The molecule has 1 aromatic carbocycles. The molecule has 0 unspecified atom stereocenters. The van der Waals surface area contributed by atoms with E-state index < -0.39 is 0 Å². The first-order valence-electron chi connectivity index (χ1n) is 7.66. The molecule has 0 bridgehead atoms. The molecule has 0 spiro atoms. The fraction of sp³-hybridized carbons (Fsp3) is 0.375. The molecular weight excluding hydrogens is 318 g/mol. The number of amides is 1. The first kappa shape index (κ1) is 14.4. The molecule has 0 atom stereocenters. The van der Waals surface area contributed by atoms with Gasteiger partial charge in [-0.3, -0.25) is 9.89 Å². The number of anilines is 1. The van der Waals surface area contributed by atoms with Gasteiger partial charge in [-0.05, 0) is 18.9 Å². The van der Waals surface area contributed by atoms with Crippen molar-refractivity contribution in [3.8, 4) is 11.5 Å². The van der Waals surface area contributed by atoms with Crippen LogP contribution in [-0.2, 0) is 0 Å². The van der Waals surface area contributed by atoms with Crippen LogP contribution >= 0.6 is 11.6 Å². The van der Waals surface area contributed by atoms with Gasteiger partial charge in [0.1, 0.15) is 0 Å². The van der Waals surface area contributed by atoms with Gasteiger partial charge in [-0.25, -0.2) is 0 Å². The molecule has 120 valence electrons. The van der Waals surface area contributed by atoms with Crippen LogP contribution in [0.4, 0.5) is 5.69 Å². The van der Waals surface area contributed by atoms with Crippen LogP contribution in [0.2, 0.25) is 5.02 Å². The minimum atomic E-state index is -0.301. The number of rotatable bonds is 3. The summed E-state index contributed by atoms with van der Waals surface area (Å²) in [7, 11) is 0. The normalized spacial score (nSPS) is 16.7. The molecule has 1 aromatic heterocycles. The van der Waals surface area contributed by atoms with Crippen LogP contribution in [0.25, 0.3) is 0 Å². The number of aromatic nitrogens is 2. The smallest absolute Gasteiger partial charge is 0.276 e. The third-order valence-corrected chi connectivity index (χ3v) is 4.25. The highest BCUT2D eigenvalue weighted by Gasteiger charge is 2.26. The van der Waals surface area contributed by atoms with Crippen LogP contribution in [0.1, 0.15) is 41.4 Å². The number of carbonyl (C=O) groups is 1. The van der Waals surface area contributed by atoms with Gasteiger partial charge in [0, 0.05) is 30.2 Å². The number of hydrogen-bond donors (Lipinski definition) is 2. The Labute approximate surface area is 138 Å². The highest BCUT2D eigenvalue weighted by Crippen LogP contribution is 2.39. The van der Waals surface area contributed by atoms with E-state index in [9.17, 15) is 4.79 Å². The van der Waals surface area contributed by atoms with Gasteiger partial charge in [0.2, 0.25) is 0 Å². The van der Waals surface area contributed by atoms with Crippen molar-refractivity contribution in [3.63, 3.8) is 0 Å². The molecule has 1 amide bonds. The predicted octanol–water partition coefficient (Wildman–Crippen LogP) is 3.35. The van der Waals surface area contributed by atoms with Crippen LogP contribution in [0.15, 0.2) is 18.2 Å². The second kappa shape index (κ2) is 5.77. The van der Waals surface area contributed by atoms with Crippen molar-refractivity contribution in [2.24, 2.45) is 0 Å². The average Bonchev–Trinajstić information content (AvgIpc) is 3.31. The van der Waals surface area contributed by atoms with Gasteiger partial charge < -0.3 is 14.8 Å². The predicted molar refractivity (Wildman–Crippen MR) is 85.6 cm³/mol.